The minimum atomic E-state index is -1.08. The first-order chi connectivity index (χ1) is 11.9. The second kappa shape index (κ2) is 7.65. The van der Waals surface area contributed by atoms with Crippen LogP contribution >= 0.6 is 0 Å². The van der Waals surface area contributed by atoms with E-state index >= 15 is 0 Å². The smallest absolute Gasteiger partial charge is 0.339 e. The van der Waals surface area contributed by atoms with Gasteiger partial charge in [0.1, 0.15) is 5.82 Å². The number of carbonyl (C=O) groups excluding carboxylic acids is 2. The first kappa shape index (κ1) is 18.3. The minimum Gasteiger partial charge on any atom is -0.502 e. The van der Waals surface area contributed by atoms with Crippen molar-refractivity contribution in [3.05, 3.63) is 53.3 Å². The number of rotatable bonds is 6. The predicted molar refractivity (Wildman–Crippen MR) is 86.8 cm³/mol. The van der Waals surface area contributed by atoms with Gasteiger partial charge in [-0.15, -0.1) is 0 Å². The Morgan fingerprint density at radius 3 is 2.00 bits per heavy atom. The second-order valence-corrected chi connectivity index (χ2v) is 5.15. The number of esters is 1. The topological polar surface area (TPSA) is 82.1 Å². The molecule has 7 heteroatoms. The highest BCUT2D eigenvalue weighted by Crippen LogP contribution is 2.37. The lowest BCUT2D eigenvalue weighted by Gasteiger charge is -2.14. The average Bonchev–Trinajstić information content (AvgIpc) is 2.61. The van der Waals surface area contributed by atoms with E-state index in [1.54, 1.807) is 0 Å². The van der Waals surface area contributed by atoms with Gasteiger partial charge in [-0.05, 0) is 43.3 Å². The van der Waals surface area contributed by atoms with Crippen molar-refractivity contribution >= 4 is 11.8 Å². The largest absolute Gasteiger partial charge is 0.502 e. The number of phenols is 1. The van der Waals surface area contributed by atoms with Gasteiger partial charge in [0.15, 0.2) is 17.6 Å². The van der Waals surface area contributed by atoms with Crippen LogP contribution in [0.3, 0.4) is 0 Å². The second-order valence-electron chi connectivity index (χ2n) is 5.15. The van der Waals surface area contributed by atoms with Crippen molar-refractivity contribution in [1.82, 2.24) is 0 Å². The fraction of sp³-hybridized carbons (Fsp3) is 0.222. The highest BCUT2D eigenvalue weighted by Gasteiger charge is 2.22. The van der Waals surface area contributed by atoms with Gasteiger partial charge in [-0.3, -0.25) is 4.79 Å². The molecule has 0 amide bonds. The van der Waals surface area contributed by atoms with E-state index in [0.29, 0.717) is 0 Å². The molecule has 0 aromatic heterocycles. The molecule has 2 rings (SSSR count). The molecule has 0 bridgehead atoms. The normalized spacial score (nSPS) is 11.5. The zero-order valence-electron chi connectivity index (χ0n) is 13.9. The summed E-state index contributed by atoms with van der Waals surface area (Å²) in [5.41, 5.74) is 0.271. The number of phenolic OH excluding ortho intramolecular Hbond substituents is 1. The van der Waals surface area contributed by atoms with Crippen LogP contribution in [0, 0.1) is 5.82 Å². The molecule has 2 aromatic carbocycles. The van der Waals surface area contributed by atoms with Crippen LogP contribution in [0.15, 0.2) is 36.4 Å². The Bertz CT molecular complexity index is 760. The van der Waals surface area contributed by atoms with Gasteiger partial charge in [-0.2, -0.15) is 0 Å². The van der Waals surface area contributed by atoms with Gasteiger partial charge >= 0.3 is 5.97 Å². The molecule has 132 valence electrons. The van der Waals surface area contributed by atoms with Crippen molar-refractivity contribution in [3.8, 4) is 17.2 Å². The van der Waals surface area contributed by atoms with Gasteiger partial charge in [0.25, 0.3) is 0 Å². The Balaban J connectivity index is 2.18. The quantitative estimate of drug-likeness (QED) is 0.638. The van der Waals surface area contributed by atoms with Crippen molar-refractivity contribution in [3.63, 3.8) is 0 Å². The Hall–Kier alpha value is -3.09. The summed E-state index contributed by atoms with van der Waals surface area (Å²) in [7, 11) is 2.65. The lowest BCUT2D eigenvalue weighted by Crippen LogP contribution is -2.24. The van der Waals surface area contributed by atoms with Gasteiger partial charge in [0, 0.05) is 5.56 Å². The molecule has 0 radical (unpaired) electrons. The third-order valence-electron chi connectivity index (χ3n) is 3.50. The lowest BCUT2D eigenvalue weighted by molar-refractivity contribution is 0.0318. The van der Waals surface area contributed by atoms with Crippen molar-refractivity contribution in [2.75, 3.05) is 14.2 Å². The number of hydrogen-bond donors (Lipinski definition) is 1. The molecular weight excluding hydrogens is 331 g/mol. The number of aromatic hydroxyl groups is 1. The molecule has 2 aromatic rings. The lowest BCUT2D eigenvalue weighted by atomic mass is 10.1. The molecule has 0 aliphatic heterocycles. The summed E-state index contributed by atoms with van der Waals surface area (Å²) < 4.78 is 28.0. The Labute approximate surface area is 143 Å². The summed E-state index contributed by atoms with van der Waals surface area (Å²) in [5, 5.41) is 9.85. The minimum absolute atomic E-state index is 0.0313. The van der Waals surface area contributed by atoms with Crippen LogP contribution in [-0.4, -0.2) is 37.2 Å². The van der Waals surface area contributed by atoms with E-state index in [-0.39, 0.29) is 28.4 Å². The molecule has 0 saturated heterocycles. The maximum absolute atomic E-state index is 12.9. The van der Waals surface area contributed by atoms with E-state index in [9.17, 15) is 19.1 Å². The molecule has 0 fully saturated rings. The van der Waals surface area contributed by atoms with Gasteiger partial charge in [-0.25, -0.2) is 9.18 Å². The molecule has 1 N–H and O–H groups in total. The van der Waals surface area contributed by atoms with Crippen molar-refractivity contribution < 1.29 is 33.3 Å². The van der Waals surface area contributed by atoms with Crippen LogP contribution < -0.4 is 9.47 Å². The van der Waals surface area contributed by atoms with Gasteiger partial charge < -0.3 is 19.3 Å². The van der Waals surface area contributed by atoms with Crippen LogP contribution in [0.2, 0.25) is 0 Å². The summed E-state index contributed by atoms with van der Waals surface area (Å²) in [4.78, 5) is 24.5. The van der Waals surface area contributed by atoms with Crippen LogP contribution in [-0.2, 0) is 4.74 Å². The molecule has 25 heavy (non-hydrogen) atoms. The Morgan fingerprint density at radius 2 is 1.52 bits per heavy atom. The van der Waals surface area contributed by atoms with Crippen molar-refractivity contribution in [1.29, 1.82) is 0 Å². The first-order valence-electron chi connectivity index (χ1n) is 7.33. The SMILES string of the molecule is COc1cc(C(=O)O[C@@H](C)C(=O)c2ccc(F)cc2)cc(OC)c1O. The average molecular weight is 348 g/mol. The molecule has 0 spiro atoms. The van der Waals surface area contributed by atoms with E-state index in [1.165, 1.54) is 45.4 Å². The van der Waals surface area contributed by atoms with E-state index in [1.807, 2.05) is 0 Å². The van der Waals surface area contributed by atoms with E-state index in [4.69, 9.17) is 14.2 Å². The predicted octanol–water partition coefficient (Wildman–Crippen LogP) is 2.98. The molecule has 6 nitrogen and oxygen atoms in total. The maximum atomic E-state index is 12.9. The summed E-state index contributed by atoms with van der Waals surface area (Å²) in [6.07, 6.45) is -1.08. The summed E-state index contributed by atoms with van der Waals surface area (Å²) in [6, 6.07) is 7.47. The van der Waals surface area contributed by atoms with Crippen LogP contribution in [0.5, 0.6) is 17.2 Å². The highest BCUT2D eigenvalue weighted by molar-refractivity contribution is 6.01. The summed E-state index contributed by atoms with van der Waals surface area (Å²) in [6.45, 7) is 1.42. The summed E-state index contributed by atoms with van der Waals surface area (Å²) >= 11 is 0. The maximum Gasteiger partial charge on any atom is 0.339 e. The first-order valence-corrected chi connectivity index (χ1v) is 7.33. The number of Topliss-reactive ketones (excluding diaryl/α,β-unsaturated/α-hetero) is 1. The van der Waals surface area contributed by atoms with Gasteiger partial charge in [0.2, 0.25) is 11.5 Å². The van der Waals surface area contributed by atoms with Crippen molar-refractivity contribution in [2.24, 2.45) is 0 Å². The fourth-order valence-electron chi connectivity index (χ4n) is 2.14. The highest BCUT2D eigenvalue weighted by atomic mass is 19.1. The Kier molecular flexibility index (Phi) is 5.59. The molecule has 0 aliphatic rings. The molecule has 0 saturated carbocycles. The fourth-order valence-corrected chi connectivity index (χ4v) is 2.14. The molecule has 1 atom stereocenters. The van der Waals surface area contributed by atoms with Gasteiger partial charge in [-0.1, -0.05) is 0 Å². The summed E-state index contributed by atoms with van der Waals surface area (Å²) in [5.74, 6) is -1.92. The number of halogens is 1. The number of ketones is 1. The number of benzene rings is 2. The third-order valence-corrected chi connectivity index (χ3v) is 3.50. The van der Waals surface area contributed by atoms with E-state index in [2.05, 4.69) is 0 Å². The number of hydrogen-bond acceptors (Lipinski definition) is 6. The number of carbonyl (C=O) groups is 2. The third kappa shape index (κ3) is 4.06. The molecule has 0 unspecified atom stereocenters. The monoisotopic (exact) mass is 348 g/mol. The molecular formula is C18H17FO6. The van der Waals surface area contributed by atoms with Crippen molar-refractivity contribution in [2.45, 2.75) is 13.0 Å². The standard InChI is InChI=1S/C18H17FO6/c1-10(16(20)11-4-6-13(19)7-5-11)25-18(22)12-8-14(23-2)17(21)15(9-12)24-3/h4-10,21H,1-3H3/t10-/m0/s1. The van der Waals surface area contributed by atoms with Crippen LogP contribution in [0.1, 0.15) is 27.6 Å². The Morgan fingerprint density at radius 1 is 1.00 bits per heavy atom. The van der Waals surface area contributed by atoms with E-state index < -0.39 is 23.7 Å². The van der Waals surface area contributed by atoms with Gasteiger partial charge in [0.05, 0.1) is 19.8 Å². The van der Waals surface area contributed by atoms with Crippen LogP contribution in [0.25, 0.3) is 0 Å². The zero-order chi connectivity index (χ0) is 18.6. The molecule has 0 aliphatic carbocycles. The molecule has 0 heterocycles. The van der Waals surface area contributed by atoms with Crippen LogP contribution in [0.4, 0.5) is 4.39 Å². The number of methoxy groups -OCH3 is 2. The zero-order valence-corrected chi connectivity index (χ0v) is 13.9. The van der Waals surface area contributed by atoms with E-state index in [0.717, 1.165) is 12.1 Å². The number of ether oxygens (including phenoxy) is 3.